The Labute approximate surface area is 128 Å². The van der Waals surface area contributed by atoms with Crippen molar-refractivity contribution in [3.63, 3.8) is 0 Å². The van der Waals surface area contributed by atoms with E-state index in [0.717, 1.165) is 0 Å². The minimum atomic E-state index is -0.546. The predicted molar refractivity (Wildman–Crippen MR) is 78.8 cm³/mol. The zero-order valence-corrected chi connectivity index (χ0v) is 13.0. The third-order valence-corrected chi connectivity index (χ3v) is 2.94. The van der Waals surface area contributed by atoms with Crippen LogP contribution in [-0.4, -0.2) is 37.4 Å². The van der Waals surface area contributed by atoms with Gasteiger partial charge in [0.05, 0.1) is 32.6 Å². The summed E-state index contributed by atoms with van der Waals surface area (Å²) in [7, 11) is 2.73. The fourth-order valence-electron chi connectivity index (χ4n) is 2.07. The highest BCUT2D eigenvalue weighted by atomic mass is 16.5. The van der Waals surface area contributed by atoms with Gasteiger partial charge in [-0.2, -0.15) is 0 Å². The van der Waals surface area contributed by atoms with Crippen molar-refractivity contribution in [3.8, 4) is 11.5 Å². The monoisotopic (exact) mass is 306 g/mol. The Hall–Kier alpha value is -2.50. The SMILES string of the molecule is COc1ccc(C(=O)CC(C)=O)c(C(=O)CC(C)=O)c1OC. The Morgan fingerprint density at radius 3 is 1.86 bits per heavy atom. The normalized spacial score (nSPS) is 10.0. The van der Waals surface area contributed by atoms with Gasteiger partial charge in [-0.15, -0.1) is 0 Å². The molecule has 0 atom stereocenters. The smallest absolute Gasteiger partial charge is 0.174 e. The largest absolute Gasteiger partial charge is 0.493 e. The number of methoxy groups -OCH3 is 2. The van der Waals surface area contributed by atoms with Crippen LogP contribution >= 0.6 is 0 Å². The number of rotatable bonds is 8. The van der Waals surface area contributed by atoms with E-state index in [0.29, 0.717) is 0 Å². The number of ketones is 4. The van der Waals surface area contributed by atoms with Crippen LogP contribution in [0.2, 0.25) is 0 Å². The number of carbonyl (C=O) groups excluding carboxylic acids is 4. The first-order valence-corrected chi connectivity index (χ1v) is 6.62. The van der Waals surface area contributed by atoms with Gasteiger partial charge in [-0.05, 0) is 26.0 Å². The van der Waals surface area contributed by atoms with Crippen molar-refractivity contribution in [1.29, 1.82) is 0 Å². The molecule has 22 heavy (non-hydrogen) atoms. The van der Waals surface area contributed by atoms with Gasteiger partial charge in [-0.1, -0.05) is 0 Å². The molecule has 0 unspecified atom stereocenters. The summed E-state index contributed by atoms with van der Waals surface area (Å²) >= 11 is 0. The Bertz CT molecular complexity index is 630. The molecule has 0 heterocycles. The van der Waals surface area contributed by atoms with Crippen LogP contribution in [0.1, 0.15) is 47.4 Å². The maximum Gasteiger partial charge on any atom is 0.174 e. The number of benzene rings is 1. The quantitative estimate of drug-likeness (QED) is 0.539. The lowest BCUT2D eigenvalue weighted by Crippen LogP contribution is -2.15. The molecule has 0 aromatic heterocycles. The second-order valence-electron chi connectivity index (χ2n) is 4.83. The first kappa shape index (κ1) is 17.6. The number of carbonyl (C=O) groups is 4. The van der Waals surface area contributed by atoms with Crippen LogP contribution in [0.3, 0.4) is 0 Å². The summed E-state index contributed by atoms with van der Waals surface area (Å²) in [5, 5.41) is 0. The van der Waals surface area contributed by atoms with E-state index >= 15 is 0 Å². The summed E-state index contributed by atoms with van der Waals surface area (Å²) in [6, 6.07) is 2.89. The summed E-state index contributed by atoms with van der Waals surface area (Å²) in [4.78, 5) is 46.9. The van der Waals surface area contributed by atoms with Crippen LogP contribution in [0.5, 0.6) is 11.5 Å². The third kappa shape index (κ3) is 4.00. The number of ether oxygens (including phenoxy) is 2. The molecule has 1 aromatic carbocycles. The molecular formula is C16H18O6. The topological polar surface area (TPSA) is 86.7 Å². The predicted octanol–water partition coefficient (Wildman–Crippen LogP) is 2.03. The van der Waals surface area contributed by atoms with Crippen LogP contribution in [0.4, 0.5) is 0 Å². The van der Waals surface area contributed by atoms with E-state index in [4.69, 9.17) is 9.47 Å². The number of hydrogen-bond donors (Lipinski definition) is 0. The third-order valence-electron chi connectivity index (χ3n) is 2.94. The van der Waals surface area contributed by atoms with Crippen molar-refractivity contribution in [2.45, 2.75) is 26.7 Å². The minimum absolute atomic E-state index is 0.0247. The molecule has 0 saturated carbocycles. The molecule has 0 bridgehead atoms. The molecule has 0 radical (unpaired) electrons. The Morgan fingerprint density at radius 2 is 1.41 bits per heavy atom. The highest BCUT2D eigenvalue weighted by Gasteiger charge is 2.25. The van der Waals surface area contributed by atoms with Gasteiger partial charge in [0.15, 0.2) is 23.1 Å². The van der Waals surface area contributed by atoms with Crippen molar-refractivity contribution in [1.82, 2.24) is 0 Å². The molecule has 1 aromatic rings. The van der Waals surface area contributed by atoms with Gasteiger partial charge in [0, 0.05) is 5.56 Å². The highest BCUT2D eigenvalue weighted by molar-refractivity contribution is 6.18. The van der Waals surface area contributed by atoms with Crippen LogP contribution in [-0.2, 0) is 9.59 Å². The van der Waals surface area contributed by atoms with Gasteiger partial charge in [0.1, 0.15) is 11.6 Å². The van der Waals surface area contributed by atoms with E-state index in [1.54, 1.807) is 0 Å². The lowest BCUT2D eigenvalue weighted by Gasteiger charge is -2.15. The van der Waals surface area contributed by atoms with E-state index < -0.39 is 11.6 Å². The van der Waals surface area contributed by atoms with Crippen molar-refractivity contribution < 1.29 is 28.7 Å². The lowest BCUT2D eigenvalue weighted by atomic mass is 9.94. The summed E-state index contributed by atoms with van der Waals surface area (Å²) in [6.07, 6.45) is -0.681. The van der Waals surface area contributed by atoms with Gasteiger partial charge in [0.2, 0.25) is 0 Å². The van der Waals surface area contributed by atoms with Gasteiger partial charge >= 0.3 is 0 Å². The van der Waals surface area contributed by atoms with Gasteiger partial charge < -0.3 is 9.47 Å². The van der Waals surface area contributed by atoms with Crippen molar-refractivity contribution in [2.75, 3.05) is 14.2 Å². The molecule has 6 heteroatoms. The van der Waals surface area contributed by atoms with Gasteiger partial charge in [-0.25, -0.2) is 0 Å². The van der Waals surface area contributed by atoms with E-state index in [2.05, 4.69) is 0 Å². The molecule has 0 saturated heterocycles. The van der Waals surface area contributed by atoms with E-state index in [9.17, 15) is 19.2 Å². The molecule has 0 N–H and O–H groups in total. The Morgan fingerprint density at radius 1 is 0.864 bits per heavy atom. The molecular weight excluding hydrogens is 288 g/mol. The molecule has 0 spiro atoms. The first-order valence-electron chi connectivity index (χ1n) is 6.62. The summed E-state index contributed by atoms with van der Waals surface area (Å²) in [6.45, 7) is 2.57. The highest BCUT2D eigenvalue weighted by Crippen LogP contribution is 2.35. The fourth-order valence-corrected chi connectivity index (χ4v) is 2.07. The Balaban J connectivity index is 3.49. The number of Topliss-reactive ketones (excluding diaryl/α,β-unsaturated/α-hetero) is 4. The van der Waals surface area contributed by atoms with E-state index in [1.807, 2.05) is 0 Å². The van der Waals surface area contributed by atoms with Gasteiger partial charge in [-0.3, -0.25) is 19.2 Å². The number of hydrogen-bond acceptors (Lipinski definition) is 6. The maximum atomic E-state index is 12.3. The average Bonchev–Trinajstić information content (AvgIpc) is 2.43. The second-order valence-corrected chi connectivity index (χ2v) is 4.83. The van der Waals surface area contributed by atoms with E-state index in [1.165, 1.54) is 40.2 Å². The Kier molecular flexibility index (Phi) is 5.98. The summed E-state index contributed by atoms with van der Waals surface area (Å²) in [5.74, 6) is -1.34. The molecule has 0 aliphatic carbocycles. The fraction of sp³-hybridized carbons (Fsp3) is 0.375. The molecule has 0 fully saturated rings. The molecule has 6 nitrogen and oxygen atoms in total. The average molecular weight is 306 g/mol. The van der Waals surface area contributed by atoms with Crippen LogP contribution in [0.25, 0.3) is 0 Å². The standard InChI is InChI=1S/C16H18O6/c1-9(17)7-12(19)11-5-6-14(21-3)16(22-4)15(11)13(20)8-10(2)18/h5-6H,7-8H2,1-4H3. The summed E-state index contributed by atoms with van der Waals surface area (Å²) < 4.78 is 10.3. The van der Waals surface area contributed by atoms with Crippen LogP contribution < -0.4 is 9.47 Å². The zero-order chi connectivity index (χ0) is 16.9. The minimum Gasteiger partial charge on any atom is -0.493 e. The van der Waals surface area contributed by atoms with Crippen molar-refractivity contribution in [2.24, 2.45) is 0 Å². The molecule has 1 rings (SSSR count). The van der Waals surface area contributed by atoms with Crippen LogP contribution in [0.15, 0.2) is 12.1 Å². The molecule has 0 aliphatic rings. The first-order chi connectivity index (χ1) is 10.3. The second kappa shape index (κ2) is 7.49. The molecule has 0 aliphatic heterocycles. The molecule has 118 valence electrons. The lowest BCUT2D eigenvalue weighted by molar-refractivity contribution is -0.117. The summed E-state index contributed by atoms with van der Waals surface area (Å²) in [5.41, 5.74) is 0.0300. The van der Waals surface area contributed by atoms with E-state index in [-0.39, 0.29) is 47.0 Å². The van der Waals surface area contributed by atoms with Crippen molar-refractivity contribution >= 4 is 23.1 Å². The zero-order valence-electron chi connectivity index (χ0n) is 13.0. The van der Waals surface area contributed by atoms with Gasteiger partial charge in [0.25, 0.3) is 0 Å². The van der Waals surface area contributed by atoms with Crippen molar-refractivity contribution in [3.05, 3.63) is 23.3 Å². The molecule has 0 amide bonds. The van der Waals surface area contributed by atoms with Crippen LogP contribution in [0, 0.1) is 0 Å². The maximum absolute atomic E-state index is 12.3.